The largest absolute Gasteiger partial charge is 0.378 e. The van der Waals surface area contributed by atoms with Gasteiger partial charge >= 0.3 is 0 Å². The summed E-state index contributed by atoms with van der Waals surface area (Å²) in [6.45, 7) is 3.24. The van der Waals surface area contributed by atoms with Crippen molar-refractivity contribution in [3.8, 4) is 11.1 Å². The van der Waals surface area contributed by atoms with Gasteiger partial charge in [0.05, 0.1) is 13.2 Å². The summed E-state index contributed by atoms with van der Waals surface area (Å²) in [5, 5.41) is 0. The fourth-order valence-electron chi connectivity index (χ4n) is 4.77. The SMILES string of the molecule is O=C(c1ccc2c(c1)N(c1ncc(-c3ccc(F)cc3)cn1)CC21CC1)N1CCOCC1. The summed E-state index contributed by atoms with van der Waals surface area (Å²) in [7, 11) is 0. The highest BCUT2D eigenvalue weighted by molar-refractivity contribution is 5.96. The number of anilines is 2. The maximum Gasteiger partial charge on any atom is 0.254 e. The summed E-state index contributed by atoms with van der Waals surface area (Å²) in [6.07, 6.45) is 5.83. The lowest BCUT2D eigenvalue weighted by atomic mass is 9.97. The van der Waals surface area contributed by atoms with E-state index in [0.29, 0.717) is 37.8 Å². The average molecular weight is 430 g/mol. The van der Waals surface area contributed by atoms with Crippen molar-refractivity contribution < 1.29 is 13.9 Å². The molecule has 0 N–H and O–H groups in total. The summed E-state index contributed by atoms with van der Waals surface area (Å²) in [6, 6.07) is 12.4. The Balaban J connectivity index is 1.32. The first-order valence-electron chi connectivity index (χ1n) is 11.0. The second kappa shape index (κ2) is 7.38. The molecule has 2 fully saturated rings. The first kappa shape index (κ1) is 19.4. The molecule has 1 saturated heterocycles. The predicted octanol–water partition coefficient (Wildman–Crippen LogP) is 3.94. The minimum Gasteiger partial charge on any atom is -0.378 e. The molecule has 1 amide bonds. The number of aromatic nitrogens is 2. The minimum atomic E-state index is -0.267. The van der Waals surface area contributed by atoms with Crippen molar-refractivity contribution in [2.75, 3.05) is 37.7 Å². The molecule has 0 bridgehead atoms. The van der Waals surface area contributed by atoms with Gasteiger partial charge in [-0.15, -0.1) is 0 Å². The molecule has 1 spiro atoms. The van der Waals surface area contributed by atoms with Crippen LogP contribution in [0, 0.1) is 5.82 Å². The fraction of sp³-hybridized carbons (Fsp3) is 0.320. The number of hydrogen-bond acceptors (Lipinski definition) is 5. The van der Waals surface area contributed by atoms with Crippen LogP contribution in [0.2, 0.25) is 0 Å². The maximum absolute atomic E-state index is 13.2. The van der Waals surface area contributed by atoms with Crippen molar-refractivity contribution in [1.82, 2.24) is 14.9 Å². The van der Waals surface area contributed by atoms with Gasteiger partial charge in [0, 0.05) is 54.3 Å². The van der Waals surface area contributed by atoms with Gasteiger partial charge in [-0.25, -0.2) is 14.4 Å². The van der Waals surface area contributed by atoms with Crippen LogP contribution in [-0.2, 0) is 10.2 Å². The van der Waals surface area contributed by atoms with Crippen LogP contribution in [0.25, 0.3) is 11.1 Å². The van der Waals surface area contributed by atoms with Crippen LogP contribution in [-0.4, -0.2) is 53.6 Å². The number of rotatable bonds is 3. The molecule has 32 heavy (non-hydrogen) atoms. The van der Waals surface area contributed by atoms with E-state index in [1.165, 1.54) is 17.7 Å². The van der Waals surface area contributed by atoms with Gasteiger partial charge in [0.1, 0.15) is 5.82 Å². The van der Waals surface area contributed by atoms with Gasteiger partial charge in [0.2, 0.25) is 5.95 Å². The van der Waals surface area contributed by atoms with E-state index < -0.39 is 0 Å². The summed E-state index contributed by atoms with van der Waals surface area (Å²) in [5.74, 6) is 0.398. The van der Waals surface area contributed by atoms with E-state index in [1.54, 1.807) is 24.5 Å². The number of carbonyl (C=O) groups excluding carboxylic acids is 1. The third kappa shape index (κ3) is 3.24. The highest BCUT2D eigenvalue weighted by atomic mass is 19.1. The zero-order chi connectivity index (χ0) is 21.7. The Labute approximate surface area is 185 Å². The molecular formula is C25H23FN4O2. The van der Waals surface area contributed by atoms with Gasteiger partial charge in [-0.3, -0.25) is 4.79 Å². The second-order valence-corrected chi connectivity index (χ2v) is 8.78. The van der Waals surface area contributed by atoms with Crippen LogP contribution in [0.1, 0.15) is 28.8 Å². The van der Waals surface area contributed by atoms with E-state index in [0.717, 1.165) is 36.2 Å². The van der Waals surface area contributed by atoms with Gasteiger partial charge in [0.15, 0.2) is 0 Å². The summed E-state index contributed by atoms with van der Waals surface area (Å²) >= 11 is 0. The van der Waals surface area contributed by atoms with Crippen molar-refractivity contribution in [3.63, 3.8) is 0 Å². The van der Waals surface area contributed by atoms with Crippen LogP contribution >= 0.6 is 0 Å². The molecule has 7 heteroatoms. The summed E-state index contributed by atoms with van der Waals surface area (Å²) in [4.78, 5) is 26.3. The summed E-state index contributed by atoms with van der Waals surface area (Å²) in [5.41, 5.74) is 4.85. The zero-order valence-electron chi connectivity index (χ0n) is 17.6. The molecule has 6 nitrogen and oxygen atoms in total. The van der Waals surface area contributed by atoms with E-state index >= 15 is 0 Å². The van der Waals surface area contributed by atoms with E-state index in [1.807, 2.05) is 17.0 Å². The van der Waals surface area contributed by atoms with E-state index in [-0.39, 0.29) is 17.1 Å². The highest BCUT2D eigenvalue weighted by Crippen LogP contribution is 2.57. The Bertz CT molecular complexity index is 1170. The van der Waals surface area contributed by atoms with Crippen molar-refractivity contribution in [2.24, 2.45) is 0 Å². The average Bonchev–Trinajstić information content (AvgIpc) is 3.56. The standard InChI is InChI=1S/C25H23FN4O2/c26-20-4-1-17(2-5-20)19-14-27-24(28-15-19)30-16-25(7-8-25)21-6-3-18(13-22(21)30)23(31)29-9-11-32-12-10-29/h1-6,13-15H,7-12,16H2. The monoisotopic (exact) mass is 430 g/mol. The van der Waals surface area contributed by atoms with Gasteiger partial charge in [-0.2, -0.15) is 0 Å². The molecule has 3 aliphatic rings. The highest BCUT2D eigenvalue weighted by Gasteiger charge is 2.52. The molecule has 3 aromatic rings. The third-order valence-electron chi connectivity index (χ3n) is 6.78. The van der Waals surface area contributed by atoms with E-state index in [4.69, 9.17) is 4.74 Å². The fourth-order valence-corrected chi connectivity index (χ4v) is 4.77. The number of fused-ring (bicyclic) bond motifs is 2. The predicted molar refractivity (Wildman–Crippen MR) is 119 cm³/mol. The van der Waals surface area contributed by atoms with Crippen LogP contribution in [0.4, 0.5) is 16.0 Å². The van der Waals surface area contributed by atoms with Crippen LogP contribution in [0.5, 0.6) is 0 Å². The topological polar surface area (TPSA) is 58.6 Å². The molecule has 3 heterocycles. The van der Waals surface area contributed by atoms with Crippen LogP contribution in [0.3, 0.4) is 0 Å². The minimum absolute atomic E-state index is 0.0420. The number of morpholine rings is 1. The van der Waals surface area contributed by atoms with Gasteiger partial charge in [-0.05, 0) is 48.2 Å². The first-order chi connectivity index (χ1) is 15.6. The van der Waals surface area contributed by atoms with E-state index in [2.05, 4.69) is 20.9 Å². The van der Waals surface area contributed by atoms with Crippen molar-refractivity contribution >= 4 is 17.5 Å². The smallest absolute Gasteiger partial charge is 0.254 e. The summed E-state index contributed by atoms with van der Waals surface area (Å²) < 4.78 is 18.6. The van der Waals surface area contributed by atoms with Crippen molar-refractivity contribution in [2.45, 2.75) is 18.3 Å². The molecule has 1 aliphatic carbocycles. The first-order valence-corrected chi connectivity index (χ1v) is 11.0. The lowest BCUT2D eigenvalue weighted by Gasteiger charge is -2.27. The van der Waals surface area contributed by atoms with Crippen molar-refractivity contribution in [1.29, 1.82) is 0 Å². The Hall–Kier alpha value is -3.32. The second-order valence-electron chi connectivity index (χ2n) is 8.78. The molecule has 0 unspecified atom stereocenters. The number of ether oxygens (including phenoxy) is 1. The molecule has 1 saturated carbocycles. The van der Waals surface area contributed by atoms with Gasteiger partial charge < -0.3 is 14.5 Å². The quantitative estimate of drug-likeness (QED) is 0.630. The molecule has 0 atom stereocenters. The molecule has 162 valence electrons. The Morgan fingerprint density at radius 3 is 2.38 bits per heavy atom. The van der Waals surface area contributed by atoms with E-state index in [9.17, 15) is 9.18 Å². The normalized spacial score (nSPS) is 18.7. The number of amides is 1. The van der Waals surface area contributed by atoms with Gasteiger partial charge in [-0.1, -0.05) is 18.2 Å². The number of halogens is 1. The molecule has 2 aromatic carbocycles. The van der Waals surface area contributed by atoms with Crippen LogP contribution in [0.15, 0.2) is 54.9 Å². The molecular weight excluding hydrogens is 407 g/mol. The number of carbonyl (C=O) groups is 1. The lowest BCUT2D eigenvalue weighted by molar-refractivity contribution is 0.0303. The number of benzene rings is 2. The number of hydrogen-bond donors (Lipinski definition) is 0. The maximum atomic E-state index is 13.2. The third-order valence-corrected chi connectivity index (χ3v) is 6.78. The van der Waals surface area contributed by atoms with Crippen molar-refractivity contribution in [3.05, 3.63) is 71.8 Å². The Kier molecular flexibility index (Phi) is 4.47. The molecule has 1 aromatic heterocycles. The van der Waals surface area contributed by atoms with Gasteiger partial charge in [0.25, 0.3) is 5.91 Å². The zero-order valence-corrected chi connectivity index (χ0v) is 17.6. The number of nitrogens with zero attached hydrogens (tertiary/aromatic N) is 4. The van der Waals surface area contributed by atoms with Crippen LogP contribution < -0.4 is 4.90 Å². The Morgan fingerprint density at radius 1 is 0.969 bits per heavy atom. The Morgan fingerprint density at radius 2 is 1.69 bits per heavy atom. The molecule has 0 radical (unpaired) electrons. The lowest BCUT2D eigenvalue weighted by Crippen LogP contribution is -2.40. The molecule has 2 aliphatic heterocycles. The molecule has 6 rings (SSSR count).